The summed E-state index contributed by atoms with van der Waals surface area (Å²) in [5.41, 5.74) is 0.328. The molecule has 3 rings (SSSR count). The van der Waals surface area contributed by atoms with Gasteiger partial charge in [-0.05, 0) is 18.2 Å². The number of nitrogens with zero attached hydrogens (tertiary/aromatic N) is 4. The summed E-state index contributed by atoms with van der Waals surface area (Å²) in [5, 5.41) is 4.63. The Labute approximate surface area is 156 Å². The van der Waals surface area contributed by atoms with Crippen LogP contribution in [0.5, 0.6) is 0 Å². The first-order valence-electron chi connectivity index (χ1n) is 8.45. The van der Waals surface area contributed by atoms with Crippen LogP contribution < -0.4 is 0 Å². The van der Waals surface area contributed by atoms with E-state index in [-0.39, 0.29) is 17.7 Å². The Morgan fingerprint density at radius 3 is 2.54 bits per heavy atom. The molecule has 1 saturated heterocycles. The highest BCUT2D eigenvalue weighted by Gasteiger charge is 2.27. The predicted molar refractivity (Wildman–Crippen MR) is 95.3 cm³/mol. The maximum absolute atomic E-state index is 13.3. The number of halogens is 2. The van der Waals surface area contributed by atoms with Gasteiger partial charge < -0.3 is 9.80 Å². The van der Waals surface area contributed by atoms with E-state index in [0.717, 1.165) is 0 Å². The van der Waals surface area contributed by atoms with E-state index in [1.54, 1.807) is 26.7 Å². The van der Waals surface area contributed by atoms with E-state index in [4.69, 9.17) is 11.6 Å². The topological polar surface area (TPSA) is 58.4 Å². The number of hydrogen-bond acceptors (Lipinski definition) is 3. The maximum Gasteiger partial charge on any atom is 0.254 e. The van der Waals surface area contributed by atoms with Gasteiger partial charge in [0, 0.05) is 37.9 Å². The first-order valence-corrected chi connectivity index (χ1v) is 8.83. The molecular weight excluding hydrogens is 359 g/mol. The van der Waals surface area contributed by atoms with Crippen LogP contribution in [0.15, 0.2) is 36.7 Å². The molecule has 1 aliphatic rings. The van der Waals surface area contributed by atoms with Crippen molar-refractivity contribution in [1.29, 1.82) is 0 Å². The Morgan fingerprint density at radius 2 is 1.92 bits per heavy atom. The molecule has 0 bridgehead atoms. The fourth-order valence-electron chi connectivity index (χ4n) is 3.04. The molecule has 0 spiro atoms. The van der Waals surface area contributed by atoms with Crippen molar-refractivity contribution in [3.63, 3.8) is 0 Å². The van der Waals surface area contributed by atoms with Crippen LogP contribution in [0.3, 0.4) is 0 Å². The van der Waals surface area contributed by atoms with Gasteiger partial charge in [-0.1, -0.05) is 24.6 Å². The van der Waals surface area contributed by atoms with Gasteiger partial charge in [-0.3, -0.25) is 14.3 Å². The third-order valence-corrected chi connectivity index (χ3v) is 4.63. The molecule has 1 aromatic heterocycles. The predicted octanol–water partition coefficient (Wildman–Crippen LogP) is 2.30. The minimum Gasteiger partial charge on any atom is -0.339 e. The van der Waals surface area contributed by atoms with Gasteiger partial charge in [-0.2, -0.15) is 5.10 Å². The van der Waals surface area contributed by atoms with Crippen molar-refractivity contribution >= 4 is 23.4 Å². The minimum atomic E-state index is -0.433. The van der Waals surface area contributed by atoms with E-state index in [1.807, 2.05) is 6.92 Å². The first kappa shape index (κ1) is 18.4. The second kappa shape index (κ2) is 7.86. The molecule has 0 radical (unpaired) electrons. The van der Waals surface area contributed by atoms with Crippen molar-refractivity contribution in [3.8, 4) is 0 Å². The summed E-state index contributed by atoms with van der Waals surface area (Å²) in [6.45, 7) is 4.09. The maximum atomic E-state index is 13.3. The number of piperazine rings is 1. The molecule has 138 valence electrons. The van der Waals surface area contributed by atoms with Crippen LogP contribution in [0.1, 0.15) is 17.3 Å². The number of rotatable bonds is 4. The summed E-state index contributed by atoms with van der Waals surface area (Å²) in [7, 11) is 0. The Morgan fingerprint density at radius 1 is 1.23 bits per heavy atom. The third-order valence-electron chi connectivity index (χ3n) is 4.43. The van der Waals surface area contributed by atoms with Crippen molar-refractivity contribution in [2.24, 2.45) is 5.92 Å². The number of amides is 2. The molecule has 2 aromatic rings. The molecule has 8 heteroatoms. The van der Waals surface area contributed by atoms with Gasteiger partial charge in [0.25, 0.3) is 5.91 Å². The number of carbonyl (C=O) groups excluding carboxylic acids is 2. The molecule has 0 saturated carbocycles. The quantitative estimate of drug-likeness (QED) is 0.820. The summed E-state index contributed by atoms with van der Waals surface area (Å²) in [6, 6.07) is 5.66. The summed E-state index contributed by atoms with van der Waals surface area (Å²) < 4.78 is 14.9. The van der Waals surface area contributed by atoms with Gasteiger partial charge in [0.15, 0.2) is 0 Å². The number of hydrogen-bond donors (Lipinski definition) is 0. The molecular formula is C18H20ClFN4O2. The van der Waals surface area contributed by atoms with E-state index in [2.05, 4.69) is 5.10 Å². The fraction of sp³-hybridized carbons (Fsp3) is 0.389. The average molecular weight is 379 g/mol. The minimum absolute atomic E-state index is 0.0227. The van der Waals surface area contributed by atoms with Crippen LogP contribution >= 0.6 is 11.6 Å². The number of aromatic nitrogens is 2. The van der Waals surface area contributed by atoms with Crippen LogP contribution in [-0.4, -0.2) is 57.6 Å². The second-order valence-corrected chi connectivity index (χ2v) is 6.85. The van der Waals surface area contributed by atoms with Crippen molar-refractivity contribution in [1.82, 2.24) is 19.6 Å². The van der Waals surface area contributed by atoms with Gasteiger partial charge in [0.2, 0.25) is 5.91 Å². The molecule has 0 aliphatic carbocycles. The zero-order valence-corrected chi connectivity index (χ0v) is 15.2. The summed E-state index contributed by atoms with van der Waals surface area (Å²) in [5.74, 6) is -0.862. The van der Waals surface area contributed by atoms with Gasteiger partial charge >= 0.3 is 0 Å². The summed E-state index contributed by atoms with van der Waals surface area (Å²) >= 11 is 5.84. The Balaban J connectivity index is 1.54. The van der Waals surface area contributed by atoms with Crippen molar-refractivity contribution < 1.29 is 14.0 Å². The molecule has 1 aromatic carbocycles. The normalized spacial score (nSPS) is 15.8. The molecule has 26 heavy (non-hydrogen) atoms. The Hall–Kier alpha value is -2.41. The van der Waals surface area contributed by atoms with Crippen molar-refractivity contribution in [3.05, 3.63) is 53.1 Å². The standard InChI is InChI=1S/C18H20ClFN4O2/c1-13(11-24-12-15(19)10-21-24)17(25)22-5-7-23(8-6-22)18(26)14-3-2-4-16(20)9-14/h2-4,9-10,12-13H,5-8,11H2,1H3/t13-/m1/s1. The van der Waals surface area contributed by atoms with Gasteiger partial charge in [-0.15, -0.1) is 0 Å². The smallest absolute Gasteiger partial charge is 0.254 e. The van der Waals surface area contributed by atoms with Crippen LogP contribution in [0, 0.1) is 11.7 Å². The van der Waals surface area contributed by atoms with Crippen LogP contribution in [0.25, 0.3) is 0 Å². The van der Waals surface area contributed by atoms with Crippen LogP contribution in [-0.2, 0) is 11.3 Å². The lowest BCUT2D eigenvalue weighted by molar-refractivity contribution is -0.137. The van der Waals surface area contributed by atoms with Crippen molar-refractivity contribution in [2.45, 2.75) is 13.5 Å². The Bertz CT molecular complexity index is 802. The van der Waals surface area contributed by atoms with Gasteiger partial charge in [0.1, 0.15) is 5.82 Å². The highest BCUT2D eigenvalue weighted by molar-refractivity contribution is 6.30. The van der Waals surface area contributed by atoms with E-state index in [9.17, 15) is 14.0 Å². The van der Waals surface area contributed by atoms with E-state index < -0.39 is 5.82 Å². The van der Waals surface area contributed by atoms with Crippen LogP contribution in [0.4, 0.5) is 4.39 Å². The lowest BCUT2D eigenvalue weighted by Gasteiger charge is -2.36. The fourth-order valence-corrected chi connectivity index (χ4v) is 3.20. The summed E-state index contributed by atoms with van der Waals surface area (Å²) in [6.07, 6.45) is 3.22. The third kappa shape index (κ3) is 4.22. The first-order chi connectivity index (χ1) is 12.4. The Kier molecular flexibility index (Phi) is 5.56. The molecule has 0 N–H and O–H groups in total. The zero-order chi connectivity index (χ0) is 18.7. The van der Waals surface area contributed by atoms with Gasteiger partial charge in [-0.25, -0.2) is 4.39 Å². The number of carbonyl (C=O) groups is 2. The molecule has 2 heterocycles. The molecule has 1 atom stereocenters. The van der Waals surface area contributed by atoms with Crippen LogP contribution in [0.2, 0.25) is 5.02 Å². The average Bonchev–Trinajstić information content (AvgIpc) is 3.05. The number of benzene rings is 1. The zero-order valence-electron chi connectivity index (χ0n) is 14.4. The molecule has 0 unspecified atom stereocenters. The molecule has 6 nitrogen and oxygen atoms in total. The van der Waals surface area contributed by atoms with Crippen molar-refractivity contribution in [2.75, 3.05) is 26.2 Å². The lowest BCUT2D eigenvalue weighted by atomic mass is 10.1. The SMILES string of the molecule is C[C@H](Cn1cc(Cl)cn1)C(=O)N1CCN(C(=O)c2cccc(F)c2)CC1. The highest BCUT2D eigenvalue weighted by Crippen LogP contribution is 2.14. The van der Waals surface area contributed by atoms with E-state index in [0.29, 0.717) is 43.3 Å². The largest absolute Gasteiger partial charge is 0.339 e. The van der Waals surface area contributed by atoms with E-state index in [1.165, 1.54) is 24.4 Å². The molecule has 1 aliphatic heterocycles. The highest BCUT2D eigenvalue weighted by atomic mass is 35.5. The molecule has 1 fully saturated rings. The summed E-state index contributed by atoms with van der Waals surface area (Å²) in [4.78, 5) is 28.4. The second-order valence-electron chi connectivity index (χ2n) is 6.41. The monoisotopic (exact) mass is 378 g/mol. The van der Waals surface area contributed by atoms with E-state index >= 15 is 0 Å². The molecule has 2 amide bonds. The lowest BCUT2D eigenvalue weighted by Crippen LogP contribution is -2.52. The van der Waals surface area contributed by atoms with Gasteiger partial charge in [0.05, 0.1) is 23.7 Å².